The van der Waals surface area contributed by atoms with Crippen molar-refractivity contribution in [2.45, 2.75) is 6.42 Å². The van der Waals surface area contributed by atoms with E-state index >= 15 is 0 Å². The van der Waals surface area contributed by atoms with E-state index in [0.29, 0.717) is 18.9 Å². The van der Waals surface area contributed by atoms with Gasteiger partial charge in [-0.1, -0.05) is 0 Å². The smallest absolute Gasteiger partial charge is 0.290 e. The van der Waals surface area contributed by atoms with Gasteiger partial charge in [-0.05, 0) is 0 Å². The SMILES string of the molecule is CN(C)C(=O)c1cnc(CCN)o1. The second-order valence-electron chi connectivity index (χ2n) is 2.86. The summed E-state index contributed by atoms with van der Waals surface area (Å²) in [5, 5.41) is 0. The number of oxazole rings is 1. The average Bonchev–Trinajstić information content (AvgIpc) is 2.52. The van der Waals surface area contributed by atoms with Crippen LogP contribution in [0.3, 0.4) is 0 Å². The van der Waals surface area contributed by atoms with Crippen LogP contribution in [0.2, 0.25) is 0 Å². The molecule has 1 amide bonds. The molecule has 0 aliphatic rings. The Labute approximate surface area is 76.5 Å². The second-order valence-corrected chi connectivity index (χ2v) is 2.86. The predicted octanol–water partition coefficient (Wildman–Crippen LogP) is -0.122. The number of carbonyl (C=O) groups is 1. The summed E-state index contributed by atoms with van der Waals surface area (Å²) < 4.78 is 5.16. The van der Waals surface area contributed by atoms with E-state index in [1.165, 1.54) is 11.1 Å². The number of rotatable bonds is 3. The molecule has 0 saturated heterocycles. The van der Waals surface area contributed by atoms with Crippen LogP contribution in [0, 0.1) is 0 Å². The molecule has 0 spiro atoms. The Kier molecular flexibility index (Phi) is 3.02. The summed E-state index contributed by atoms with van der Waals surface area (Å²) in [6.45, 7) is 0.468. The largest absolute Gasteiger partial charge is 0.435 e. The molecule has 1 aromatic rings. The molecule has 2 N–H and O–H groups in total. The van der Waals surface area contributed by atoms with E-state index in [2.05, 4.69) is 4.98 Å². The Hall–Kier alpha value is -1.36. The molecule has 0 atom stereocenters. The van der Waals surface area contributed by atoms with Crippen LogP contribution >= 0.6 is 0 Å². The van der Waals surface area contributed by atoms with Crippen LogP contribution in [-0.4, -0.2) is 36.4 Å². The van der Waals surface area contributed by atoms with Gasteiger partial charge in [-0.25, -0.2) is 4.98 Å². The summed E-state index contributed by atoms with van der Waals surface area (Å²) in [4.78, 5) is 16.7. The van der Waals surface area contributed by atoms with Gasteiger partial charge in [-0.2, -0.15) is 0 Å². The van der Waals surface area contributed by atoms with Gasteiger partial charge in [0.25, 0.3) is 5.91 Å². The summed E-state index contributed by atoms with van der Waals surface area (Å²) in [6, 6.07) is 0. The minimum absolute atomic E-state index is 0.184. The maximum absolute atomic E-state index is 11.3. The average molecular weight is 183 g/mol. The van der Waals surface area contributed by atoms with Gasteiger partial charge < -0.3 is 15.1 Å². The highest BCUT2D eigenvalue weighted by Gasteiger charge is 2.13. The zero-order chi connectivity index (χ0) is 9.84. The van der Waals surface area contributed by atoms with E-state index in [1.807, 2.05) is 0 Å². The third-order valence-electron chi connectivity index (χ3n) is 1.53. The molecule has 0 aromatic carbocycles. The Balaban J connectivity index is 2.73. The van der Waals surface area contributed by atoms with Crippen LogP contribution in [0.4, 0.5) is 0 Å². The van der Waals surface area contributed by atoms with E-state index in [-0.39, 0.29) is 11.7 Å². The second kappa shape index (κ2) is 4.04. The molecule has 0 aliphatic heterocycles. The fourth-order valence-corrected chi connectivity index (χ4v) is 0.869. The van der Waals surface area contributed by atoms with E-state index in [1.54, 1.807) is 14.1 Å². The molecular weight excluding hydrogens is 170 g/mol. The molecular formula is C8H13N3O2. The monoisotopic (exact) mass is 183 g/mol. The van der Waals surface area contributed by atoms with Crippen molar-refractivity contribution in [2.24, 2.45) is 5.73 Å². The minimum atomic E-state index is -0.184. The van der Waals surface area contributed by atoms with E-state index < -0.39 is 0 Å². The minimum Gasteiger partial charge on any atom is -0.435 e. The van der Waals surface area contributed by atoms with Crippen molar-refractivity contribution in [3.8, 4) is 0 Å². The van der Waals surface area contributed by atoms with Crippen molar-refractivity contribution >= 4 is 5.91 Å². The molecule has 0 unspecified atom stereocenters. The molecule has 1 aromatic heterocycles. The number of nitrogens with zero attached hydrogens (tertiary/aromatic N) is 2. The molecule has 0 bridgehead atoms. The van der Waals surface area contributed by atoms with Crippen LogP contribution in [-0.2, 0) is 6.42 Å². The first kappa shape index (κ1) is 9.73. The Morgan fingerprint density at radius 3 is 2.92 bits per heavy atom. The Morgan fingerprint density at radius 2 is 2.38 bits per heavy atom. The third kappa shape index (κ3) is 2.29. The van der Waals surface area contributed by atoms with Gasteiger partial charge in [-0.15, -0.1) is 0 Å². The first-order valence-corrected chi connectivity index (χ1v) is 4.01. The van der Waals surface area contributed by atoms with Gasteiger partial charge in [0.15, 0.2) is 5.89 Å². The highest BCUT2D eigenvalue weighted by atomic mass is 16.4. The lowest BCUT2D eigenvalue weighted by atomic mass is 10.4. The zero-order valence-corrected chi connectivity index (χ0v) is 7.78. The summed E-state index contributed by atoms with van der Waals surface area (Å²) >= 11 is 0. The first-order chi connectivity index (χ1) is 6.15. The molecule has 0 fully saturated rings. The normalized spacial score (nSPS) is 10.1. The van der Waals surface area contributed by atoms with Crippen molar-refractivity contribution in [1.29, 1.82) is 0 Å². The van der Waals surface area contributed by atoms with Crippen LogP contribution in [0.15, 0.2) is 10.6 Å². The van der Waals surface area contributed by atoms with Gasteiger partial charge in [0.05, 0.1) is 6.20 Å². The number of hydrogen-bond acceptors (Lipinski definition) is 4. The first-order valence-electron chi connectivity index (χ1n) is 4.01. The number of nitrogens with two attached hydrogens (primary N) is 1. The lowest BCUT2D eigenvalue weighted by Gasteiger charge is -2.05. The number of carbonyl (C=O) groups excluding carboxylic acids is 1. The van der Waals surface area contributed by atoms with Gasteiger partial charge in [0, 0.05) is 27.1 Å². The molecule has 72 valence electrons. The lowest BCUT2D eigenvalue weighted by molar-refractivity contribution is 0.0795. The maximum Gasteiger partial charge on any atom is 0.290 e. The van der Waals surface area contributed by atoms with Crippen molar-refractivity contribution in [2.75, 3.05) is 20.6 Å². The summed E-state index contributed by atoms with van der Waals surface area (Å²) in [5.74, 6) is 0.580. The quantitative estimate of drug-likeness (QED) is 0.709. The van der Waals surface area contributed by atoms with E-state index in [9.17, 15) is 4.79 Å². The fourth-order valence-electron chi connectivity index (χ4n) is 0.869. The van der Waals surface area contributed by atoms with E-state index in [4.69, 9.17) is 10.2 Å². The lowest BCUT2D eigenvalue weighted by Crippen LogP contribution is -2.20. The van der Waals surface area contributed by atoms with Crippen LogP contribution in [0.1, 0.15) is 16.4 Å². The number of amides is 1. The molecule has 1 heterocycles. The molecule has 13 heavy (non-hydrogen) atoms. The molecule has 1 rings (SSSR count). The third-order valence-corrected chi connectivity index (χ3v) is 1.53. The fraction of sp³-hybridized carbons (Fsp3) is 0.500. The Bertz CT molecular complexity index is 293. The van der Waals surface area contributed by atoms with Gasteiger partial charge in [0.2, 0.25) is 5.76 Å². The van der Waals surface area contributed by atoms with Crippen molar-refractivity contribution in [1.82, 2.24) is 9.88 Å². The van der Waals surface area contributed by atoms with Crippen LogP contribution in [0.25, 0.3) is 0 Å². The van der Waals surface area contributed by atoms with Gasteiger partial charge in [0.1, 0.15) is 0 Å². The van der Waals surface area contributed by atoms with Gasteiger partial charge in [-0.3, -0.25) is 4.79 Å². The number of aromatic nitrogens is 1. The number of hydrogen-bond donors (Lipinski definition) is 1. The molecule has 0 saturated carbocycles. The summed E-state index contributed by atoms with van der Waals surface area (Å²) in [7, 11) is 3.32. The maximum atomic E-state index is 11.3. The van der Waals surface area contributed by atoms with E-state index in [0.717, 1.165) is 0 Å². The zero-order valence-electron chi connectivity index (χ0n) is 7.78. The molecule has 0 radical (unpaired) electrons. The molecule has 5 nitrogen and oxygen atoms in total. The van der Waals surface area contributed by atoms with Crippen LogP contribution in [0.5, 0.6) is 0 Å². The standard InChI is InChI=1S/C8H13N3O2/c1-11(2)8(12)6-5-10-7(13-6)3-4-9/h5H,3-4,9H2,1-2H3. The van der Waals surface area contributed by atoms with Crippen molar-refractivity contribution in [3.63, 3.8) is 0 Å². The van der Waals surface area contributed by atoms with Crippen molar-refractivity contribution in [3.05, 3.63) is 17.8 Å². The molecule has 5 heteroatoms. The summed E-state index contributed by atoms with van der Waals surface area (Å²) in [6.07, 6.45) is 1.98. The highest BCUT2D eigenvalue weighted by molar-refractivity contribution is 5.90. The predicted molar refractivity (Wildman–Crippen MR) is 47.3 cm³/mol. The molecule has 0 aliphatic carbocycles. The van der Waals surface area contributed by atoms with Gasteiger partial charge >= 0.3 is 0 Å². The summed E-state index contributed by atoms with van der Waals surface area (Å²) in [5.41, 5.74) is 5.31. The highest BCUT2D eigenvalue weighted by Crippen LogP contribution is 2.05. The van der Waals surface area contributed by atoms with Crippen LogP contribution < -0.4 is 5.73 Å². The Morgan fingerprint density at radius 1 is 1.69 bits per heavy atom. The topological polar surface area (TPSA) is 72.4 Å². The van der Waals surface area contributed by atoms with Crippen molar-refractivity contribution < 1.29 is 9.21 Å².